The molecule has 1 heterocycles. The van der Waals surface area contributed by atoms with Crippen LogP contribution in [-0.4, -0.2) is 80.2 Å². The lowest BCUT2D eigenvalue weighted by Crippen LogP contribution is -2.32. The molecule has 0 aliphatic carbocycles. The molecule has 0 aromatic heterocycles. The van der Waals surface area contributed by atoms with Gasteiger partial charge in [0.15, 0.2) is 23.0 Å². The van der Waals surface area contributed by atoms with Crippen LogP contribution in [-0.2, 0) is 9.59 Å². The highest BCUT2D eigenvalue weighted by atomic mass is 35.5. The molecule has 0 spiro atoms. The monoisotopic (exact) mass is 538 g/mol. The number of phenols is 1. The first-order valence-corrected chi connectivity index (χ1v) is 11.7. The Morgan fingerprint density at radius 3 is 2.28 bits per heavy atom. The van der Waals surface area contributed by atoms with E-state index in [-0.39, 0.29) is 50.7 Å². The van der Waals surface area contributed by atoms with E-state index >= 15 is 0 Å². The predicted molar refractivity (Wildman–Crippen MR) is 136 cm³/mol. The summed E-state index contributed by atoms with van der Waals surface area (Å²) in [4.78, 5) is 29.7. The molecular formula is C25H28Cl2N2O7. The lowest BCUT2D eigenvalue weighted by Gasteiger charge is -2.26. The molecule has 1 atom stereocenters. The van der Waals surface area contributed by atoms with Crippen molar-refractivity contribution in [3.8, 4) is 23.0 Å². The van der Waals surface area contributed by atoms with Gasteiger partial charge in [0.05, 0.1) is 43.5 Å². The minimum Gasteiger partial charge on any atom is -0.507 e. The fourth-order valence-corrected chi connectivity index (χ4v) is 4.87. The number of ketones is 1. The molecule has 1 fully saturated rings. The molecule has 2 N–H and O–H groups in total. The Kier molecular flexibility index (Phi) is 8.60. The number of halogens is 2. The van der Waals surface area contributed by atoms with Gasteiger partial charge in [0.25, 0.3) is 11.7 Å². The average Bonchev–Trinajstić information content (AvgIpc) is 3.08. The summed E-state index contributed by atoms with van der Waals surface area (Å²) in [5, 5.41) is 21.9. The first-order valence-electron chi connectivity index (χ1n) is 11.0. The second-order valence-electron chi connectivity index (χ2n) is 8.37. The smallest absolute Gasteiger partial charge is 0.295 e. The van der Waals surface area contributed by atoms with Crippen molar-refractivity contribution in [1.29, 1.82) is 0 Å². The molecule has 0 saturated carbocycles. The highest BCUT2D eigenvalue weighted by molar-refractivity contribution is 6.47. The Hall–Kier alpha value is -3.14. The number of rotatable bonds is 9. The van der Waals surface area contributed by atoms with Crippen molar-refractivity contribution in [1.82, 2.24) is 9.80 Å². The van der Waals surface area contributed by atoms with E-state index in [1.54, 1.807) is 6.07 Å². The van der Waals surface area contributed by atoms with Gasteiger partial charge in [0, 0.05) is 6.54 Å². The van der Waals surface area contributed by atoms with Gasteiger partial charge < -0.3 is 34.2 Å². The predicted octanol–water partition coefficient (Wildman–Crippen LogP) is 4.10. The number of Topliss-reactive ketones (excluding diaryl/α,β-unsaturated/α-hetero) is 1. The normalized spacial score (nSPS) is 17.1. The molecule has 9 nitrogen and oxygen atoms in total. The van der Waals surface area contributed by atoms with Gasteiger partial charge in [-0.2, -0.15) is 0 Å². The number of likely N-dealkylation sites (tertiary alicyclic amines) is 1. The summed E-state index contributed by atoms with van der Waals surface area (Å²) in [6.45, 7) is 0.902. The molecule has 2 aromatic carbocycles. The molecular weight excluding hydrogens is 511 g/mol. The highest BCUT2D eigenvalue weighted by Gasteiger charge is 2.46. The molecule has 0 radical (unpaired) electrons. The number of carbonyl (C=O) groups is 2. The van der Waals surface area contributed by atoms with E-state index < -0.39 is 23.5 Å². The first-order chi connectivity index (χ1) is 17.1. The number of hydrogen-bond acceptors (Lipinski definition) is 8. The van der Waals surface area contributed by atoms with Crippen LogP contribution in [0.1, 0.15) is 23.6 Å². The summed E-state index contributed by atoms with van der Waals surface area (Å²) in [5.41, 5.74) is 0.232. The molecule has 36 heavy (non-hydrogen) atoms. The number of ether oxygens (including phenoxy) is 3. The van der Waals surface area contributed by atoms with Gasteiger partial charge in [0.1, 0.15) is 10.8 Å². The van der Waals surface area contributed by atoms with Gasteiger partial charge in [-0.15, -0.1) is 0 Å². The number of aliphatic hydroxyl groups is 1. The Labute approximate surface area is 219 Å². The van der Waals surface area contributed by atoms with E-state index in [0.29, 0.717) is 18.5 Å². The lowest BCUT2D eigenvalue weighted by molar-refractivity contribution is -0.139. The highest BCUT2D eigenvalue weighted by Crippen LogP contribution is 2.47. The maximum Gasteiger partial charge on any atom is 0.295 e. The van der Waals surface area contributed by atoms with Crippen LogP contribution in [0.5, 0.6) is 23.0 Å². The zero-order valence-corrected chi connectivity index (χ0v) is 22.1. The van der Waals surface area contributed by atoms with E-state index in [9.17, 15) is 19.8 Å². The maximum absolute atomic E-state index is 13.3. The zero-order chi connectivity index (χ0) is 26.7. The topological polar surface area (TPSA) is 109 Å². The number of phenolic OH excluding ortho intramolecular Hbond substituents is 1. The van der Waals surface area contributed by atoms with E-state index in [1.165, 1.54) is 44.4 Å². The molecule has 11 heteroatoms. The van der Waals surface area contributed by atoms with Crippen LogP contribution in [0.2, 0.25) is 10.0 Å². The number of amides is 1. The van der Waals surface area contributed by atoms with Crippen LogP contribution < -0.4 is 14.2 Å². The summed E-state index contributed by atoms with van der Waals surface area (Å²) in [5.74, 6) is -1.99. The van der Waals surface area contributed by atoms with Crippen LogP contribution in [0.15, 0.2) is 29.8 Å². The fourth-order valence-electron chi connectivity index (χ4n) is 4.18. The van der Waals surface area contributed by atoms with Gasteiger partial charge in [-0.05, 0) is 50.8 Å². The van der Waals surface area contributed by atoms with Crippen LogP contribution >= 0.6 is 23.2 Å². The van der Waals surface area contributed by atoms with Crippen LogP contribution in [0.3, 0.4) is 0 Å². The summed E-state index contributed by atoms with van der Waals surface area (Å²) in [7, 11) is 7.92. The molecule has 0 bridgehead atoms. The number of aromatic hydroxyl groups is 1. The molecule has 194 valence electrons. The second-order valence-corrected chi connectivity index (χ2v) is 9.15. The Morgan fingerprint density at radius 1 is 1.06 bits per heavy atom. The van der Waals surface area contributed by atoms with Crippen molar-refractivity contribution < 1.29 is 34.0 Å². The summed E-state index contributed by atoms with van der Waals surface area (Å²) >= 11 is 12.7. The summed E-state index contributed by atoms with van der Waals surface area (Å²) in [6, 6.07) is 4.89. The number of hydrogen-bond donors (Lipinski definition) is 2. The third kappa shape index (κ3) is 5.04. The molecule has 1 saturated heterocycles. The SMILES string of the molecule is COc1ccc(C2/C(=C(\O)c3cc(Cl)c(OC)c(Cl)c3OC)C(=O)C(=O)N2CCCN(C)C)cc1O. The molecule has 1 aliphatic heterocycles. The van der Waals surface area contributed by atoms with Crippen molar-refractivity contribution in [2.24, 2.45) is 0 Å². The van der Waals surface area contributed by atoms with Gasteiger partial charge in [-0.3, -0.25) is 9.59 Å². The third-order valence-corrected chi connectivity index (χ3v) is 6.48. The van der Waals surface area contributed by atoms with Crippen molar-refractivity contribution in [2.45, 2.75) is 12.5 Å². The minimum absolute atomic E-state index is 0.00657. The largest absolute Gasteiger partial charge is 0.507 e. The second kappa shape index (κ2) is 11.3. The third-order valence-electron chi connectivity index (χ3n) is 5.86. The van der Waals surface area contributed by atoms with Gasteiger partial charge in [-0.25, -0.2) is 0 Å². The average molecular weight is 539 g/mol. The summed E-state index contributed by atoms with van der Waals surface area (Å²) in [6.07, 6.45) is 0.572. The van der Waals surface area contributed by atoms with Gasteiger partial charge >= 0.3 is 0 Å². The number of aliphatic hydroxyl groups excluding tert-OH is 1. The number of carbonyl (C=O) groups excluding carboxylic acids is 2. The zero-order valence-electron chi connectivity index (χ0n) is 20.6. The van der Waals surface area contributed by atoms with Crippen LogP contribution in [0.25, 0.3) is 5.76 Å². The van der Waals surface area contributed by atoms with Crippen molar-refractivity contribution in [3.05, 3.63) is 51.0 Å². The lowest BCUT2D eigenvalue weighted by atomic mass is 9.94. The Balaban J connectivity index is 2.25. The van der Waals surface area contributed by atoms with Crippen molar-refractivity contribution in [2.75, 3.05) is 48.5 Å². The molecule has 1 unspecified atom stereocenters. The maximum atomic E-state index is 13.3. The Morgan fingerprint density at radius 2 is 1.72 bits per heavy atom. The van der Waals surface area contributed by atoms with Crippen LogP contribution in [0.4, 0.5) is 0 Å². The minimum atomic E-state index is -0.992. The van der Waals surface area contributed by atoms with E-state index in [4.69, 9.17) is 37.4 Å². The van der Waals surface area contributed by atoms with Gasteiger partial charge in [0.2, 0.25) is 0 Å². The van der Waals surface area contributed by atoms with Crippen LogP contribution in [0, 0.1) is 0 Å². The summed E-state index contributed by atoms with van der Waals surface area (Å²) < 4.78 is 15.7. The first kappa shape index (κ1) is 27.4. The molecule has 1 amide bonds. The molecule has 3 rings (SSSR count). The van der Waals surface area contributed by atoms with Gasteiger partial charge in [-0.1, -0.05) is 29.3 Å². The molecule has 1 aliphatic rings. The van der Waals surface area contributed by atoms with E-state index in [1.807, 2.05) is 19.0 Å². The quantitative estimate of drug-likeness (QED) is 0.279. The number of nitrogens with zero attached hydrogens (tertiary/aromatic N) is 2. The number of benzene rings is 2. The fraction of sp³-hybridized carbons (Fsp3) is 0.360. The standard InChI is InChI=1S/C25H28Cl2N2O7/c1-28(2)9-6-10-29-20(13-7-8-17(34-3)16(30)11-13)18(22(32)25(29)33)21(31)14-12-15(26)24(36-5)19(27)23(14)35-4/h7-8,11-12,20,30-31H,6,9-10H2,1-5H3/b21-18+. The van der Waals surface area contributed by atoms with Crippen molar-refractivity contribution >= 4 is 40.7 Å². The van der Waals surface area contributed by atoms with E-state index in [0.717, 1.165) is 0 Å². The molecule has 2 aromatic rings. The van der Waals surface area contributed by atoms with E-state index in [2.05, 4.69) is 0 Å². The number of methoxy groups -OCH3 is 3. The van der Waals surface area contributed by atoms with Crippen molar-refractivity contribution in [3.63, 3.8) is 0 Å². The Bertz CT molecular complexity index is 1210.